The Morgan fingerprint density at radius 3 is 1.19 bits per heavy atom. The maximum Gasteiger partial charge on any atom is 0.423 e. The molecule has 2 fully saturated rings. The first-order valence-corrected chi connectivity index (χ1v) is 17.5. The molecule has 2 aromatic carbocycles. The molecule has 0 bridgehead atoms. The lowest BCUT2D eigenvalue weighted by Gasteiger charge is -2.17. The van der Waals surface area contributed by atoms with Crippen LogP contribution in [-0.2, 0) is 19.1 Å². The molecule has 2 aliphatic rings. The summed E-state index contributed by atoms with van der Waals surface area (Å²) in [4.78, 5) is 52.6. The summed E-state index contributed by atoms with van der Waals surface area (Å²) in [6.45, 7) is 16.8. The van der Waals surface area contributed by atoms with Gasteiger partial charge in [-0.2, -0.15) is 0 Å². The Morgan fingerprint density at radius 1 is 0.625 bits per heavy atom. The second kappa shape index (κ2) is 14.4. The van der Waals surface area contributed by atoms with Gasteiger partial charge in [0.25, 0.3) is 0 Å². The highest BCUT2D eigenvalue weighted by Gasteiger charge is 2.57. The van der Waals surface area contributed by atoms with E-state index in [4.69, 9.17) is 88.6 Å². The first-order chi connectivity index (χ1) is 22.1. The maximum atomic E-state index is 13.2. The van der Waals surface area contributed by atoms with Crippen LogP contribution in [0, 0.1) is 46.3 Å². The summed E-state index contributed by atoms with van der Waals surface area (Å²) in [6.07, 6.45) is 0. The lowest BCUT2D eigenvalue weighted by Crippen LogP contribution is -2.28. The quantitative estimate of drug-likeness (QED) is 0.101. The highest BCUT2D eigenvalue weighted by molar-refractivity contribution is 6.47. The van der Waals surface area contributed by atoms with Crippen molar-refractivity contribution in [2.24, 2.45) is 46.3 Å². The van der Waals surface area contributed by atoms with Crippen LogP contribution < -0.4 is 9.47 Å². The lowest BCUT2D eigenvalue weighted by atomic mass is 10.00. The van der Waals surface area contributed by atoms with Crippen molar-refractivity contribution in [2.75, 3.05) is 13.2 Å². The van der Waals surface area contributed by atoms with Crippen LogP contribution in [0.25, 0.3) is 0 Å². The Bertz CT molecular complexity index is 1550. The molecule has 262 valence electrons. The van der Waals surface area contributed by atoms with E-state index < -0.39 is 46.5 Å². The Labute approximate surface area is 309 Å². The zero-order valence-corrected chi connectivity index (χ0v) is 32.1. The molecule has 0 aromatic heterocycles. The van der Waals surface area contributed by atoms with Gasteiger partial charge in [-0.1, -0.05) is 125 Å². The van der Waals surface area contributed by atoms with Crippen molar-refractivity contribution < 1.29 is 38.1 Å². The van der Waals surface area contributed by atoms with E-state index in [1.165, 1.54) is 0 Å². The molecule has 0 aliphatic heterocycles. The summed E-state index contributed by atoms with van der Waals surface area (Å²) in [6, 6.07) is 2.25. The maximum absolute atomic E-state index is 13.2. The topological polar surface area (TPSA) is 105 Å². The van der Waals surface area contributed by atoms with Gasteiger partial charge in [-0.05, 0) is 58.5 Å². The normalized spacial score (nSPS) is 23.0. The number of carbonyl (C=O) groups excluding carboxylic acids is 4. The average molecular weight is 785 g/mol. The van der Waals surface area contributed by atoms with Gasteiger partial charge in [-0.25, -0.2) is 19.2 Å². The molecule has 6 atom stereocenters. The molecule has 2 saturated carbocycles. The summed E-state index contributed by atoms with van der Waals surface area (Å²) >= 11 is 37.6. The minimum Gasteiger partial charge on any atom is -0.462 e. The summed E-state index contributed by atoms with van der Waals surface area (Å²) in [5.41, 5.74) is -0.736. The van der Waals surface area contributed by atoms with E-state index in [2.05, 4.69) is 41.5 Å². The summed E-state index contributed by atoms with van der Waals surface area (Å²) in [7, 11) is 0. The number of hydrogen-bond acceptors (Lipinski definition) is 8. The van der Waals surface area contributed by atoms with Crippen LogP contribution in [-0.4, -0.2) is 37.1 Å². The molecule has 0 heterocycles. The molecule has 4 rings (SSSR count). The van der Waals surface area contributed by atoms with E-state index in [9.17, 15) is 19.2 Å². The van der Waals surface area contributed by atoms with Crippen LogP contribution >= 0.6 is 69.6 Å². The van der Waals surface area contributed by atoms with E-state index in [0.29, 0.717) is 23.7 Å². The van der Waals surface area contributed by atoms with Gasteiger partial charge in [0.2, 0.25) is 0 Å². The van der Waals surface area contributed by atoms with Crippen molar-refractivity contribution >= 4 is 93.5 Å². The fraction of sp³-hybridized carbons (Fsp3) is 0.529. The van der Waals surface area contributed by atoms with Gasteiger partial charge in [0.1, 0.15) is 11.1 Å². The van der Waals surface area contributed by atoms with Crippen molar-refractivity contribution in [1.82, 2.24) is 0 Å². The smallest absolute Gasteiger partial charge is 0.423 e. The average Bonchev–Trinajstić information content (AvgIpc) is 3.73. The molecule has 0 amide bonds. The molecule has 0 N–H and O–H groups in total. The molecule has 8 nitrogen and oxygen atoms in total. The minimum absolute atomic E-state index is 0.0116. The van der Waals surface area contributed by atoms with E-state index >= 15 is 0 Å². The fourth-order valence-electron chi connectivity index (χ4n) is 7.09. The summed E-state index contributed by atoms with van der Waals surface area (Å²) in [5, 5.41) is -1.51. The third-order valence-corrected chi connectivity index (χ3v) is 12.5. The highest BCUT2D eigenvalue weighted by Crippen LogP contribution is 2.62. The Balaban J connectivity index is 1.52. The molecule has 0 radical (unpaired) electrons. The fourth-order valence-corrected chi connectivity index (χ4v) is 8.53. The molecule has 14 heteroatoms. The largest absolute Gasteiger partial charge is 0.462 e. The molecule has 0 spiro atoms. The second-order valence-electron chi connectivity index (χ2n) is 13.9. The highest BCUT2D eigenvalue weighted by atomic mass is 35.5. The number of rotatable bonds is 10. The molecule has 0 saturated heterocycles. The van der Waals surface area contributed by atoms with E-state index in [1.54, 1.807) is 0 Å². The molecule has 2 aromatic rings. The predicted molar refractivity (Wildman–Crippen MR) is 186 cm³/mol. The lowest BCUT2D eigenvalue weighted by molar-refractivity contribution is -0.156. The van der Waals surface area contributed by atoms with Gasteiger partial charge in [0.05, 0.1) is 43.3 Å². The monoisotopic (exact) mass is 782 g/mol. The number of halogens is 6. The van der Waals surface area contributed by atoms with E-state index in [0.717, 1.165) is 12.1 Å². The number of hydrogen-bond donors (Lipinski definition) is 0. The SMILES string of the molecule is CC(COC(=O)c1c(Cl)c(Cl)cc(Cl)c1OC(=O)C(=O)Oc1c(Cl)cc(Cl)c(Cl)c1C(=O)OCC(C)C1C(C)C1(C)C)C1C(C)C1(C)C. The van der Waals surface area contributed by atoms with Crippen molar-refractivity contribution in [1.29, 1.82) is 0 Å². The van der Waals surface area contributed by atoms with Crippen LogP contribution in [0.1, 0.15) is 76.1 Å². The molecule has 48 heavy (non-hydrogen) atoms. The number of benzene rings is 2. The third-order valence-electron chi connectivity index (χ3n) is 10.3. The Kier molecular flexibility index (Phi) is 11.6. The van der Waals surface area contributed by atoms with Crippen LogP contribution in [0.4, 0.5) is 0 Å². The Hall–Kier alpha value is -1.94. The first kappa shape index (κ1) is 38.9. The van der Waals surface area contributed by atoms with Crippen LogP contribution in [0.5, 0.6) is 11.5 Å². The Morgan fingerprint density at radius 2 is 0.917 bits per heavy atom. The van der Waals surface area contributed by atoms with Gasteiger partial charge in [-0.3, -0.25) is 0 Å². The number of ether oxygens (including phenoxy) is 4. The van der Waals surface area contributed by atoms with Gasteiger partial charge in [0, 0.05) is 0 Å². The van der Waals surface area contributed by atoms with Crippen molar-refractivity contribution in [3.63, 3.8) is 0 Å². The number of esters is 4. The van der Waals surface area contributed by atoms with Gasteiger partial charge in [0.15, 0.2) is 11.5 Å². The van der Waals surface area contributed by atoms with Crippen LogP contribution in [0.15, 0.2) is 12.1 Å². The standard InChI is InChI=1S/C34H36Cl6O8/c1-13(23-15(3)33(23,5)6)11-45-29(41)21-25(39)17(35)9-19(37)27(21)47-31(43)32(44)48-28-20(38)10-18(36)26(40)22(28)30(42)46-12-14(2)24-16(4)34(24,7)8/h9-10,13-16,23-24H,11-12H2,1-8H3. The van der Waals surface area contributed by atoms with Crippen molar-refractivity contribution in [3.05, 3.63) is 53.4 Å². The zero-order chi connectivity index (χ0) is 36.2. The summed E-state index contributed by atoms with van der Waals surface area (Å²) in [5.74, 6) is -4.88. The van der Waals surface area contributed by atoms with Gasteiger partial charge < -0.3 is 18.9 Å². The predicted octanol–water partition coefficient (Wildman–Crippen LogP) is 10.3. The van der Waals surface area contributed by atoms with Crippen molar-refractivity contribution in [3.8, 4) is 11.5 Å². The summed E-state index contributed by atoms with van der Waals surface area (Å²) < 4.78 is 21.5. The number of carbonyl (C=O) groups is 4. The van der Waals surface area contributed by atoms with E-state index in [-0.39, 0.29) is 66.0 Å². The first-order valence-electron chi connectivity index (χ1n) is 15.3. The molecule has 2 aliphatic carbocycles. The van der Waals surface area contributed by atoms with Crippen LogP contribution in [0.3, 0.4) is 0 Å². The molecular formula is C34H36Cl6O8. The third kappa shape index (κ3) is 7.54. The molecular weight excluding hydrogens is 749 g/mol. The van der Waals surface area contributed by atoms with Gasteiger partial charge >= 0.3 is 23.9 Å². The second-order valence-corrected chi connectivity index (χ2v) is 16.3. The van der Waals surface area contributed by atoms with Gasteiger partial charge in [-0.15, -0.1) is 0 Å². The molecule has 6 unspecified atom stereocenters. The zero-order valence-electron chi connectivity index (χ0n) is 27.6. The van der Waals surface area contributed by atoms with E-state index in [1.807, 2.05) is 13.8 Å². The van der Waals surface area contributed by atoms with Crippen molar-refractivity contribution in [2.45, 2.75) is 55.4 Å². The van der Waals surface area contributed by atoms with Crippen LogP contribution in [0.2, 0.25) is 30.1 Å². The minimum atomic E-state index is -1.65.